The molecule has 0 fully saturated rings. The third kappa shape index (κ3) is 4.86. The van der Waals surface area contributed by atoms with Gasteiger partial charge >= 0.3 is 0 Å². The van der Waals surface area contributed by atoms with Gasteiger partial charge in [-0.1, -0.05) is 35.0 Å². The van der Waals surface area contributed by atoms with Gasteiger partial charge in [-0.05, 0) is 32.0 Å². The zero-order valence-corrected chi connectivity index (χ0v) is 15.1. The molecule has 1 aliphatic rings. The summed E-state index contributed by atoms with van der Waals surface area (Å²) in [6, 6.07) is 4.79. The summed E-state index contributed by atoms with van der Waals surface area (Å²) >= 11 is 13.1. The molecule has 5 nitrogen and oxygen atoms in total. The van der Waals surface area contributed by atoms with Crippen LogP contribution < -0.4 is 5.32 Å². The van der Waals surface area contributed by atoms with Gasteiger partial charge in [0.1, 0.15) is 5.25 Å². The number of hydrogen-bond donors (Lipinski definition) is 1. The molecule has 1 heterocycles. The monoisotopic (exact) mass is 373 g/mol. The summed E-state index contributed by atoms with van der Waals surface area (Å²) in [5, 5.41) is 3.78. The van der Waals surface area contributed by atoms with Crippen LogP contribution in [0.4, 0.5) is 5.69 Å². The number of carbonyl (C=O) groups is 2. The molecule has 2 amide bonds. The van der Waals surface area contributed by atoms with Crippen LogP contribution in [0.1, 0.15) is 20.3 Å². The minimum Gasteiger partial charge on any atom is -0.352 e. The molecule has 2 rings (SSSR count). The standard InChI is InChI=1S/C15H17Cl2N3O2S/c1-3-20(4-2)15-19-14(22)12(23-15)8-13(21)18-11-6-9(16)5-10(17)7-11/h5-7,12H,3-4,8H2,1-2H3,(H,18,21). The molecule has 0 spiro atoms. The summed E-state index contributed by atoms with van der Waals surface area (Å²) < 4.78 is 0. The first-order valence-electron chi connectivity index (χ1n) is 7.23. The van der Waals surface area contributed by atoms with Crippen molar-refractivity contribution in [2.45, 2.75) is 25.5 Å². The lowest BCUT2D eigenvalue weighted by atomic mass is 10.2. The van der Waals surface area contributed by atoms with E-state index in [0.717, 1.165) is 13.1 Å². The minimum atomic E-state index is -0.486. The number of thioether (sulfide) groups is 1. The van der Waals surface area contributed by atoms with Crippen LogP contribution in [0.2, 0.25) is 10.0 Å². The molecule has 1 aliphatic heterocycles. The van der Waals surface area contributed by atoms with E-state index >= 15 is 0 Å². The van der Waals surface area contributed by atoms with E-state index in [4.69, 9.17) is 23.2 Å². The Balaban J connectivity index is 1.95. The Morgan fingerprint density at radius 2 is 1.87 bits per heavy atom. The van der Waals surface area contributed by atoms with Gasteiger partial charge in [-0.3, -0.25) is 9.59 Å². The van der Waals surface area contributed by atoms with Gasteiger partial charge in [-0.2, -0.15) is 4.99 Å². The molecule has 0 bridgehead atoms. The van der Waals surface area contributed by atoms with Crippen LogP contribution in [0.3, 0.4) is 0 Å². The highest BCUT2D eigenvalue weighted by atomic mass is 35.5. The largest absolute Gasteiger partial charge is 0.352 e. The molecule has 0 aromatic heterocycles. The van der Waals surface area contributed by atoms with Gasteiger partial charge < -0.3 is 10.2 Å². The molecule has 0 saturated heterocycles. The molecule has 0 aliphatic carbocycles. The number of anilines is 1. The second kappa shape index (κ2) is 8.04. The molecular weight excluding hydrogens is 357 g/mol. The van der Waals surface area contributed by atoms with Crippen LogP contribution in [-0.4, -0.2) is 40.2 Å². The van der Waals surface area contributed by atoms with E-state index in [1.807, 2.05) is 18.7 Å². The van der Waals surface area contributed by atoms with Gasteiger partial charge in [-0.25, -0.2) is 0 Å². The van der Waals surface area contributed by atoms with E-state index < -0.39 is 5.25 Å². The zero-order valence-electron chi connectivity index (χ0n) is 12.8. The second-order valence-electron chi connectivity index (χ2n) is 4.92. The summed E-state index contributed by atoms with van der Waals surface area (Å²) in [5.74, 6) is -0.540. The maximum atomic E-state index is 12.1. The van der Waals surface area contributed by atoms with E-state index in [1.54, 1.807) is 18.2 Å². The molecule has 23 heavy (non-hydrogen) atoms. The number of amidine groups is 1. The molecule has 0 radical (unpaired) electrons. The van der Waals surface area contributed by atoms with E-state index in [2.05, 4.69) is 10.3 Å². The van der Waals surface area contributed by atoms with E-state index in [9.17, 15) is 9.59 Å². The number of nitrogens with zero attached hydrogens (tertiary/aromatic N) is 2. The van der Waals surface area contributed by atoms with Crippen molar-refractivity contribution in [3.63, 3.8) is 0 Å². The lowest BCUT2D eigenvalue weighted by Crippen LogP contribution is -2.27. The zero-order chi connectivity index (χ0) is 17.0. The lowest BCUT2D eigenvalue weighted by molar-refractivity contribution is -0.121. The quantitative estimate of drug-likeness (QED) is 0.855. The van der Waals surface area contributed by atoms with Gasteiger partial charge in [0.15, 0.2) is 5.17 Å². The molecule has 8 heteroatoms. The Kier molecular flexibility index (Phi) is 6.33. The van der Waals surface area contributed by atoms with Crippen molar-refractivity contribution in [2.24, 2.45) is 4.99 Å². The Morgan fingerprint density at radius 1 is 1.26 bits per heavy atom. The van der Waals surface area contributed by atoms with Crippen LogP contribution in [0, 0.1) is 0 Å². The van der Waals surface area contributed by atoms with Crippen LogP contribution in [0.15, 0.2) is 23.2 Å². The SMILES string of the molecule is CCN(CC)C1=NC(=O)C(CC(=O)Nc2cc(Cl)cc(Cl)c2)S1. The van der Waals surface area contributed by atoms with Crippen LogP contribution in [0.25, 0.3) is 0 Å². The average molecular weight is 374 g/mol. The van der Waals surface area contributed by atoms with Crippen molar-refractivity contribution in [3.05, 3.63) is 28.2 Å². The van der Waals surface area contributed by atoms with Crippen molar-refractivity contribution in [1.29, 1.82) is 0 Å². The molecule has 1 aromatic carbocycles. The van der Waals surface area contributed by atoms with Gasteiger partial charge in [-0.15, -0.1) is 0 Å². The van der Waals surface area contributed by atoms with Crippen molar-refractivity contribution in [2.75, 3.05) is 18.4 Å². The summed E-state index contributed by atoms with van der Waals surface area (Å²) in [6.07, 6.45) is 0.0574. The highest BCUT2D eigenvalue weighted by Crippen LogP contribution is 2.28. The highest BCUT2D eigenvalue weighted by molar-refractivity contribution is 8.15. The molecule has 1 N–H and O–H groups in total. The van der Waals surface area contributed by atoms with Crippen molar-refractivity contribution in [1.82, 2.24) is 4.90 Å². The van der Waals surface area contributed by atoms with Gasteiger partial charge in [0.25, 0.3) is 5.91 Å². The maximum absolute atomic E-state index is 12.1. The molecule has 1 aromatic rings. The molecule has 124 valence electrons. The van der Waals surface area contributed by atoms with E-state index in [1.165, 1.54) is 11.8 Å². The average Bonchev–Trinajstić information content (AvgIpc) is 2.80. The highest BCUT2D eigenvalue weighted by Gasteiger charge is 2.32. The number of rotatable bonds is 5. The van der Waals surface area contributed by atoms with Crippen molar-refractivity contribution in [3.8, 4) is 0 Å². The number of hydrogen-bond acceptors (Lipinski definition) is 4. The summed E-state index contributed by atoms with van der Waals surface area (Å²) in [6.45, 7) is 5.55. The predicted octanol–water partition coefficient (Wildman–Crippen LogP) is 3.66. The normalized spacial score (nSPS) is 17.1. The summed E-state index contributed by atoms with van der Waals surface area (Å²) in [4.78, 5) is 30.1. The first kappa shape index (κ1) is 18.1. The number of benzene rings is 1. The summed E-state index contributed by atoms with van der Waals surface area (Å²) in [5.41, 5.74) is 0.507. The van der Waals surface area contributed by atoms with E-state index in [0.29, 0.717) is 20.9 Å². The molecule has 0 saturated carbocycles. The molecule has 1 atom stereocenters. The third-order valence-electron chi connectivity index (χ3n) is 3.28. The third-order valence-corrected chi connectivity index (χ3v) is 4.93. The van der Waals surface area contributed by atoms with Crippen LogP contribution in [0.5, 0.6) is 0 Å². The molecular formula is C15H17Cl2N3O2S. The Labute approximate surface area is 149 Å². The Hall–Kier alpha value is -1.24. The second-order valence-corrected chi connectivity index (χ2v) is 6.96. The number of nitrogens with one attached hydrogen (secondary N) is 1. The first-order chi connectivity index (χ1) is 10.9. The minimum absolute atomic E-state index is 0.0574. The van der Waals surface area contributed by atoms with Crippen LogP contribution >= 0.6 is 35.0 Å². The number of aliphatic imine (C=N–C) groups is 1. The number of amides is 2. The fourth-order valence-electron chi connectivity index (χ4n) is 2.15. The first-order valence-corrected chi connectivity index (χ1v) is 8.86. The number of carbonyl (C=O) groups excluding carboxylic acids is 2. The fourth-order valence-corrected chi connectivity index (χ4v) is 3.86. The Morgan fingerprint density at radius 3 is 2.43 bits per heavy atom. The van der Waals surface area contributed by atoms with Gasteiger partial charge in [0.05, 0.1) is 0 Å². The smallest absolute Gasteiger partial charge is 0.262 e. The number of halogens is 2. The van der Waals surface area contributed by atoms with Gasteiger partial charge in [0, 0.05) is 35.2 Å². The van der Waals surface area contributed by atoms with E-state index in [-0.39, 0.29) is 18.2 Å². The Bertz CT molecular complexity index is 627. The fraction of sp³-hybridized carbons (Fsp3) is 0.400. The van der Waals surface area contributed by atoms with Crippen LogP contribution in [-0.2, 0) is 9.59 Å². The van der Waals surface area contributed by atoms with Gasteiger partial charge in [0.2, 0.25) is 5.91 Å². The van der Waals surface area contributed by atoms with Crippen molar-refractivity contribution < 1.29 is 9.59 Å². The van der Waals surface area contributed by atoms with Crippen molar-refractivity contribution >= 4 is 57.6 Å². The lowest BCUT2D eigenvalue weighted by Gasteiger charge is -2.19. The predicted molar refractivity (Wildman–Crippen MR) is 96.5 cm³/mol. The molecule has 1 unspecified atom stereocenters. The summed E-state index contributed by atoms with van der Waals surface area (Å²) in [7, 11) is 0. The maximum Gasteiger partial charge on any atom is 0.262 e. The topological polar surface area (TPSA) is 61.8 Å².